The first kappa shape index (κ1) is 18.1. The Morgan fingerprint density at radius 1 is 1.37 bits per heavy atom. The van der Waals surface area contributed by atoms with Gasteiger partial charge in [-0.25, -0.2) is 9.97 Å². The molecule has 1 N–H and O–H groups in total. The molecular weight excluding hydrogens is 400 g/mol. The Labute approximate surface area is 166 Å². The molecule has 0 atom stereocenters. The average Bonchev–Trinajstić information content (AvgIpc) is 3.29. The summed E-state index contributed by atoms with van der Waals surface area (Å²) in [5.41, 5.74) is 0.494. The first-order valence-corrected chi connectivity index (χ1v) is 11.0. The van der Waals surface area contributed by atoms with E-state index >= 15 is 0 Å². The van der Waals surface area contributed by atoms with Crippen molar-refractivity contribution in [1.29, 1.82) is 0 Å². The maximum atomic E-state index is 12.9. The quantitative estimate of drug-likeness (QED) is 0.294. The largest absolute Gasteiger partial charge is 0.309 e. The van der Waals surface area contributed by atoms with Crippen molar-refractivity contribution in [3.8, 4) is 0 Å². The van der Waals surface area contributed by atoms with Crippen molar-refractivity contribution in [2.75, 3.05) is 0 Å². The SMILES string of the molecule is C=CCn1c(SCc2nc3ccsc3c(=O)[nH]2)nc2sc(CC)cc2c1=O. The van der Waals surface area contributed by atoms with Crippen LogP contribution >= 0.6 is 34.4 Å². The van der Waals surface area contributed by atoms with E-state index in [-0.39, 0.29) is 11.1 Å². The highest BCUT2D eigenvalue weighted by Gasteiger charge is 2.14. The van der Waals surface area contributed by atoms with Crippen molar-refractivity contribution >= 4 is 54.9 Å². The summed E-state index contributed by atoms with van der Waals surface area (Å²) in [6, 6.07) is 3.76. The van der Waals surface area contributed by atoms with Gasteiger partial charge >= 0.3 is 0 Å². The molecule has 0 aliphatic heterocycles. The molecule has 0 aliphatic rings. The number of nitrogens with zero attached hydrogens (tertiary/aromatic N) is 3. The van der Waals surface area contributed by atoms with Gasteiger partial charge in [-0.05, 0) is 23.9 Å². The summed E-state index contributed by atoms with van der Waals surface area (Å²) >= 11 is 4.30. The fourth-order valence-electron chi connectivity index (χ4n) is 2.74. The van der Waals surface area contributed by atoms with Crippen LogP contribution in [0.5, 0.6) is 0 Å². The number of nitrogens with one attached hydrogen (secondary N) is 1. The highest BCUT2D eigenvalue weighted by atomic mass is 32.2. The highest BCUT2D eigenvalue weighted by Crippen LogP contribution is 2.26. The molecule has 0 spiro atoms. The molecule has 0 aromatic carbocycles. The first-order valence-electron chi connectivity index (χ1n) is 8.34. The van der Waals surface area contributed by atoms with Gasteiger partial charge in [0, 0.05) is 11.4 Å². The molecule has 0 saturated carbocycles. The molecule has 0 fully saturated rings. The molecule has 4 aromatic rings. The van der Waals surface area contributed by atoms with Gasteiger partial charge in [0.2, 0.25) is 0 Å². The lowest BCUT2D eigenvalue weighted by molar-refractivity contribution is 0.672. The van der Waals surface area contributed by atoms with Crippen molar-refractivity contribution in [3.05, 3.63) is 61.6 Å². The van der Waals surface area contributed by atoms with Crippen LogP contribution in [0.1, 0.15) is 17.6 Å². The average molecular weight is 417 g/mol. The normalized spacial score (nSPS) is 11.4. The Morgan fingerprint density at radius 2 is 2.22 bits per heavy atom. The standard InChI is InChI=1S/C18H16N4O2S3/c1-3-6-22-17(24)11-8-10(4-2)27-16(11)21-18(22)26-9-13-19-12-5-7-25-14(12)15(23)20-13/h3,5,7-8H,1,4,6,9H2,2H3,(H,19,20,23). The van der Waals surface area contributed by atoms with E-state index in [1.165, 1.54) is 23.1 Å². The van der Waals surface area contributed by atoms with E-state index in [4.69, 9.17) is 4.98 Å². The smallest absolute Gasteiger partial charge is 0.268 e. The monoisotopic (exact) mass is 416 g/mol. The number of H-pyrrole nitrogens is 1. The van der Waals surface area contributed by atoms with Gasteiger partial charge in [0.25, 0.3) is 11.1 Å². The molecule has 4 rings (SSSR count). The molecule has 0 bridgehead atoms. The second-order valence-electron chi connectivity index (χ2n) is 5.82. The number of aromatic amines is 1. The summed E-state index contributed by atoms with van der Waals surface area (Å²) in [7, 11) is 0. The van der Waals surface area contributed by atoms with E-state index in [1.807, 2.05) is 17.5 Å². The predicted molar refractivity (Wildman–Crippen MR) is 113 cm³/mol. The van der Waals surface area contributed by atoms with Crippen LogP contribution in [0.4, 0.5) is 0 Å². The van der Waals surface area contributed by atoms with E-state index in [0.717, 1.165) is 16.1 Å². The Morgan fingerprint density at radius 3 is 3.00 bits per heavy atom. The minimum atomic E-state index is -0.136. The maximum absolute atomic E-state index is 12.9. The second-order valence-corrected chi connectivity index (χ2v) is 8.79. The van der Waals surface area contributed by atoms with Crippen molar-refractivity contribution in [2.45, 2.75) is 30.8 Å². The molecule has 4 heterocycles. The number of hydrogen-bond donors (Lipinski definition) is 1. The van der Waals surface area contributed by atoms with Gasteiger partial charge in [-0.15, -0.1) is 29.3 Å². The van der Waals surface area contributed by atoms with E-state index in [9.17, 15) is 9.59 Å². The number of allylic oxidation sites excluding steroid dienone is 1. The lowest BCUT2D eigenvalue weighted by Crippen LogP contribution is -2.22. The molecule has 0 aliphatic carbocycles. The third-order valence-electron chi connectivity index (χ3n) is 4.03. The molecule has 0 unspecified atom stereocenters. The summed E-state index contributed by atoms with van der Waals surface area (Å²) < 4.78 is 2.24. The number of thioether (sulfide) groups is 1. The van der Waals surface area contributed by atoms with E-state index < -0.39 is 0 Å². The lowest BCUT2D eigenvalue weighted by atomic mass is 10.3. The van der Waals surface area contributed by atoms with Crippen LogP contribution in [0, 0.1) is 0 Å². The Bertz CT molecular complexity index is 1270. The number of thiophene rings is 2. The van der Waals surface area contributed by atoms with Crippen LogP contribution in [0.25, 0.3) is 20.4 Å². The van der Waals surface area contributed by atoms with Crippen molar-refractivity contribution in [2.24, 2.45) is 0 Å². The number of fused-ring (bicyclic) bond motifs is 2. The van der Waals surface area contributed by atoms with Crippen molar-refractivity contribution in [3.63, 3.8) is 0 Å². The van der Waals surface area contributed by atoms with Crippen LogP contribution in [0.2, 0.25) is 0 Å². The minimum absolute atomic E-state index is 0.0620. The summed E-state index contributed by atoms with van der Waals surface area (Å²) in [6.45, 7) is 6.19. The van der Waals surface area contributed by atoms with Gasteiger partial charge < -0.3 is 4.98 Å². The topological polar surface area (TPSA) is 80.6 Å². The molecule has 0 amide bonds. The van der Waals surface area contributed by atoms with Gasteiger partial charge in [-0.3, -0.25) is 14.2 Å². The maximum Gasteiger partial charge on any atom is 0.268 e. The zero-order valence-electron chi connectivity index (χ0n) is 14.5. The molecule has 0 saturated heterocycles. The van der Waals surface area contributed by atoms with Crippen LogP contribution in [0.15, 0.2) is 44.9 Å². The number of aromatic nitrogens is 4. The summed E-state index contributed by atoms with van der Waals surface area (Å²) in [5.74, 6) is 0.984. The molecule has 4 aromatic heterocycles. The Hall–Kier alpha value is -2.23. The van der Waals surface area contributed by atoms with Gasteiger partial charge in [0.05, 0.1) is 16.7 Å². The first-order chi connectivity index (χ1) is 13.1. The van der Waals surface area contributed by atoms with Crippen molar-refractivity contribution in [1.82, 2.24) is 19.5 Å². The molecule has 27 heavy (non-hydrogen) atoms. The lowest BCUT2D eigenvalue weighted by Gasteiger charge is -2.09. The fraction of sp³-hybridized carbons (Fsp3) is 0.222. The third kappa shape index (κ3) is 3.38. The van der Waals surface area contributed by atoms with Crippen LogP contribution in [-0.2, 0) is 18.7 Å². The van der Waals surface area contributed by atoms with Crippen LogP contribution in [0.3, 0.4) is 0 Å². The molecule has 9 heteroatoms. The minimum Gasteiger partial charge on any atom is -0.309 e. The second kappa shape index (κ2) is 7.41. The molecule has 0 radical (unpaired) electrons. The number of aryl methyl sites for hydroxylation is 1. The number of rotatable bonds is 6. The summed E-state index contributed by atoms with van der Waals surface area (Å²) in [6.07, 6.45) is 2.56. The summed E-state index contributed by atoms with van der Waals surface area (Å²) in [5, 5.41) is 3.10. The van der Waals surface area contributed by atoms with Crippen LogP contribution in [-0.4, -0.2) is 19.5 Å². The van der Waals surface area contributed by atoms with Gasteiger partial charge in [0.15, 0.2) is 5.16 Å². The van der Waals surface area contributed by atoms with Gasteiger partial charge in [-0.2, -0.15) is 0 Å². The Balaban J connectivity index is 1.73. The highest BCUT2D eigenvalue weighted by molar-refractivity contribution is 7.98. The van der Waals surface area contributed by atoms with E-state index in [0.29, 0.717) is 38.9 Å². The molecule has 6 nitrogen and oxygen atoms in total. The van der Waals surface area contributed by atoms with E-state index in [1.54, 1.807) is 22.0 Å². The van der Waals surface area contributed by atoms with Gasteiger partial charge in [-0.1, -0.05) is 24.8 Å². The van der Waals surface area contributed by atoms with E-state index in [2.05, 4.69) is 23.5 Å². The predicted octanol–water partition coefficient (Wildman–Crippen LogP) is 3.80. The zero-order valence-corrected chi connectivity index (χ0v) is 17.0. The number of hydrogen-bond acceptors (Lipinski definition) is 7. The molecular formula is C18H16N4O2S3. The van der Waals surface area contributed by atoms with Crippen LogP contribution < -0.4 is 11.1 Å². The van der Waals surface area contributed by atoms with Gasteiger partial charge in [0.1, 0.15) is 15.4 Å². The third-order valence-corrected chi connectivity index (χ3v) is 7.09. The van der Waals surface area contributed by atoms with Crippen molar-refractivity contribution < 1.29 is 0 Å². The summed E-state index contributed by atoms with van der Waals surface area (Å²) in [4.78, 5) is 38.9. The Kier molecular flexibility index (Phi) is 4.98. The molecule has 138 valence electrons. The fourth-order valence-corrected chi connectivity index (χ4v) is 5.36. The zero-order chi connectivity index (χ0) is 19.0.